The lowest BCUT2D eigenvalue weighted by Gasteiger charge is -2.23. The highest BCUT2D eigenvalue weighted by molar-refractivity contribution is 6.34. The van der Waals surface area contributed by atoms with E-state index >= 15 is 0 Å². The van der Waals surface area contributed by atoms with Crippen molar-refractivity contribution in [2.75, 3.05) is 18.4 Å². The van der Waals surface area contributed by atoms with Gasteiger partial charge in [-0.05, 0) is 31.4 Å². The Hall–Kier alpha value is -1.85. The highest BCUT2D eigenvalue weighted by Crippen LogP contribution is 2.17. The van der Waals surface area contributed by atoms with E-state index in [-0.39, 0.29) is 5.91 Å². The van der Waals surface area contributed by atoms with E-state index in [1.165, 1.54) is 48.8 Å². The van der Waals surface area contributed by atoms with Crippen LogP contribution in [-0.2, 0) is 13.6 Å². The van der Waals surface area contributed by atoms with Gasteiger partial charge >= 0.3 is 0 Å². The van der Waals surface area contributed by atoms with Gasteiger partial charge in [0.2, 0.25) is 0 Å². The van der Waals surface area contributed by atoms with Crippen LogP contribution in [0.1, 0.15) is 35.3 Å². The van der Waals surface area contributed by atoms with E-state index in [0.717, 1.165) is 12.2 Å². The minimum absolute atomic E-state index is 0.246. The largest absolute Gasteiger partial charge is 0.331 e. The second-order valence-corrected chi connectivity index (χ2v) is 6.51. The number of nitrogens with one attached hydrogen (secondary N) is 2. The highest BCUT2D eigenvalue weighted by atomic mass is 35.5. The van der Waals surface area contributed by atoms with E-state index in [4.69, 9.17) is 11.6 Å². The average Bonchev–Trinajstić information content (AvgIpc) is 2.89. The summed E-state index contributed by atoms with van der Waals surface area (Å²) in [6, 6.07) is 8.06. The monoisotopic (exact) mass is 333 g/mol. The quantitative estimate of drug-likeness (QED) is 0.898. The van der Waals surface area contributed by atoms with E-state index < -0.39 is 0 Å². The first kappa shape index (κ1) is 16.0. The molecule has 0 saturated carbocycles. The highest BCUT2D eigenvalue weighted by Gasteiger charge is 2.16. The summed E-state index contributed by atoms with van der Waals surface area (Å²) >= 11 is 5.99. The van der Waals surface area contributed by atoms with Gasteiger partial charge in [0.25, 0.3) is 5.91 Å². The maximum absolute atomic E-state index is 12.3. The van der Waals surface area contributed by atoms with Crippen LogP contribution in [0, 0.1) is 0 Å². The molecule has 0 bridgehead atoms. The van der Waals surface area contributed by atoms with Crippen molar-refractivity contribution in [3.05, 3.63) is 46.7 Å². The van der Waals surface area contributed by atoms with Crippen molar-refractivity contribution in [2.45, 2.75) is 25.8 Å². The van der Waals surface area contributed by atoms with Crippen molar-refractivity contribution in [3.63, 3.8) is 0 Å². The van der Waals surface area contributed by atoms with Gasteiger partial charge in [-0.1, -0.05) is 23.7 Å². The zero-order chi connectivity index (χ0) is 16.2. The molecule has 0 unspecified atom stereocenters. The number of amides is 1. The molecule has 0 aliphatic carbocycles. The summed E-state index contributed by atoms with van der Waals surface area (Å²) in [6.07, 6.45) is 5.50. The Balaban J connectivity index is 1.62. The smallest absolute Gasteiger partial charge is 0.275 e. The molecule has 2 aromatic rings. The number of carbonyl (C=O) groups excluding carboxylic acids is 1. The Labute approximate surface area is 141 Å². The number of likely N-dealkylation sites (tertiary alicyclic amines) is 1. The van der Waals surface area contributed by atoms with Gasteiger partial charge in [-0.3, -0.25) is 9.48 Å². The molecular weight excluding hydrogens is 312 g/mol. The summed E-state index contributed by atoms with van der Waals surface area (Å²) < 4.78 is 1.48. The van der Waals surface area contributed by atoms with Gasteiger partial charge in [0.05, 0.1) is 24.3 Å². The third-order valence-electron chi connectivity index (χ3n) is 4.34. The van der Waals surface area contributed by atoms with Crippen molar-refractivity contribution in [2.24, 2.45) is 7.05 Å². The number of carbonyl (C=O) groups is 1. The summed E-state index contributed by atoms with van der Waals surface area (Å²) in [7, 11) is 1.70. The fourth-order valence-corrected chi connectivity index (χ4v) is 3.33. The van der Waals surface area contributed by atoms with Crippen LogP contribution in [0.2, 0.25) is 5.02 Å². The number of piperidine rings is 1. The minimum atomic E-state index is -0.246. The molecule has 6 heteroatoms. The number of halogens is 1. The van der Waals surface area contributed by atoms with Crippen LogP contribution in [0.25, 0.3) is 0 Å². The summed E-state index contributed by atoms with van der Waals surface area (Å²) in [5.74, 6) is -0.246. The molecule has 23 heavy (non-hydrogen) atoms. The Bertz CT molecular complexity index is 655. The van der Waals surface area contributed by atoms with Crippen molar-refractivity contribution in [3.8, 4) is 0 Å². The standard InChI is InChI=1S/C17H21ClN4O/c1-21-16(15(18)11-19-21)17(23)20-14-7-5-13(6-8-14)12-22-9-3-2-4-10-22/h5-8,11H,2-4,9-10,12H2,1H3,(H,20,23)/p+1. The van der Waals surface area contributed by atoms with Crippen LogP contribution in [0.5, 0.6) is 0 Å². The van der Waals surface area contributed by atoms with E-state index in [2.05, 4.69) is 22.5 Å². The predicted molar refractivity (Wildman–Crippen MR) is 90.9 cm³/mol. The molecule has 122 valence electrons. The second-order valence-electron chi connectivity index (χ2n) is 6.10. The van der Waals surface area contributed by atoms with Crippen molar-refractivity contribution in [1.29, 1.82) is 0 Å². The third kappa shape index (κ3) is 3.92. The molecule has 2 heterocycles. The number of hydrogen-bond acceptors (Lipinski definition) is 2. The molecule has 3 rings (SSSR count). The Morgan fingerprint density at radius 3 is 2.57 bits per heavy atom. The number of aromatic nitrogens is 2. The summed E-state index contributed by atoms with van der Waals surface area (Å²) in [6.45, 7) is 3.58. The summed E-state index contributed by atoms with van der Waals surface area (Å²) in [5.41, 5.74) is 2.44. The van der Waals surface area contributed by atoms with Crippen LogP contribution in [-0.4, -0.2) is 28.8 Å². The van der Waals surface area contributed by atoms with Gasteiger partial charge in [-0.2, -0.15) is 5.10 Å². The lowest BCUT2D eigenvalue weighted by Crippen LogP contribution is -3.11. The van der Waals surface area contributed by atoms with Crippen LogP contribution in [0.15, 0.2) is 30.5 Å². The molecule has 1 aromatic carbocycles. The number of quaternary nitrogens is 1. The van der Waals surface area contributed by atoms with Gasteiger partial charge in [-0.25, -0.2) is 0 Å². The maximum Gasteiger partial charge on any atom is 0.275 e. The van der Waals surface area contributed by atoms with E-state index in [9.17, 15) is 4.79 Å². The SMILES string of the molecule is Cn1ncc(Cl)c1C(=O)Nc1ccc(C[NH+]2CCCCC2)cc1. The lowest BCUT2D eigenvalue weighted by atomic mass is 10.1. The van der Waals surface area contributed by atoms with Crippen molar-refractivity contribution >= 4 is 23.2 Å². The zero-order valence-electron chi connectivity index (χ0n) is 13.3. The Kier molecular flexibility index (Phi) is 4.98. The van der Waals surface area contributed by atoms with Gasteiger partial charge in [0, 0.05) is 18.3 Å². The molecular formula is C17H22ClN4O+. The number of benzene rings is 1. The maximum atomic E-state index is 12.3. The minimum Gasteiger partial charge on any atom is -0.331 e. The lowest BCUT2D eigenvalue weighted by molar-refractivity contribution is -0.918. The van der Waals surface area contributed by atoms with Gasteiger partial charge in [0.1, 0.15) is 12.2 Å². The van der Waals surface area contributed by atoms with Gasteiger partial charge in [-0.15, -0.1) is 0 Å². The predicted octanol–water partition coefficient (Wildman–Crippen LogP) is 1.89. The normalized spacial score (nSPS) is 15.6. The number of nitrogens with zero attached hydrogens (tertiary/aromatic N) is 2. The van der Waals surface area contributed by atoms with Crippen LogP contribution >= 0.6 is 11.6 Å². The topological polar surface area (TPSA) is 51.4 Å². The van der Waals surface area contributed by atoms with Crippen LogP contribution < -0.4 is 10.2 Å². The molecule has 1 fully saturated rings. The van der Waals surface area contributed by atoms with Gasteiger partial charge in [0.15, 0.2) is 0 Å². The first-order chi connectivity index (χ1) is 11.1. The molecule has 2 N–H and O–H groups in total. The van der Waals surface area contributed by atoms with Crippen LogP contribution in [0.4, 0.5) is 5.69 Å². The molecule has 5 nitrogen and oxygen atoms in total. The first-order valence-corrected chi connectivity index (χ1v) is 8.42. The number of hydrogen-bond donors (Lipinski definition) is 2. The van der Waals surface area contributed by atoms with E-state index in [1.807, 2.05) is 12.1 Å². The number of rotatable bonds is 4. The summed E-state index contributed by atoms with van der Waals surface area (Å²) in [5, 5.41) is 7.20. The number of anilines is 1. The van der Waals surface area contributed by atoms with E-state index in [0.29, 0.717) is 10.7 Å². The molecule has 0 atom stereocenters. The zero-order valence-corrected chi connectivity index (χ0v) is 14.1. The first-order valence-electron chi connectivity index (χ1n) is 8.05. The Morgan fingerprint density at radius 1 is 1.26 bits per heavy atom. The molecule has 1 aromatic heterocycles. The molecule has 1 aliphatic rings. The van der Waals surface area contributed by atoms with Crippen LogP contribution in [0.3, 0.4) is 0 Å². The molecule has 0 radical (unpaired) electrons. The van der Waals surface area contributed by atoms with Crippen molar-refractivity contribution in [1.82, 2.24) is 9.78 Å². The van der Waals surface area contributed by atoms with Crippen molar-refractivity contribution < 1.29 is 9.69 Å². The molecule has 1 amide bonds. The van der Waals surface area contributed by atoms with E-state index in [1.54, 1.807) is 11.9 Å². The fourth-order valence-electron chi connectivity index (χ4n) is 3.08. The Morgan fingerprint density at radius 2 is 1.96 bits per heavy atom. The summed E-state index contributed by atoms with van der Waals surface area (Å²) in [4.78, 5) is 13.9. The molecule has 1 aliphatic heterocycles. The third-order valence-corrected chi connectivity index (χ3v) is 4.61. The average molecular weight is 334 g/mol. The molecule has 1 saturated heterocycles. The van der Waals surface area contributed by atoms with Gasteiger partial charge < -0.3 is 10.2 Å². The second kappa shape index (κ2) is 7.15. The number of aryl methyl sites for hydroxylation is 1. The molecule has 0 spiro atoms. The fraction of sp³-hybridized carbons (Fsp3) is 0.412.